The molecule has 2 atom stereocenters. The molecule has 3 rings (SSSR count). The summed E-state index contributed by atoms with van der Waals surface area (Å²) in [4.78, 5) is 2.50. The summed E-state index contributed by atoms with van der Waals surface area (Å²) < 4.78 is 0. The Morgan fingerprint density at radius 1 is 1.14 bits per heavy atom. The molecule has 1 saturated heterocycles. The molecule has 2 heteroatoms. The molecule has 1 aliphatic heterocycles. The van der Waals surface area contributed by atoms with Crippen LogP contribution < -0.4 is 5.32 Å². The van der Waals surface area contributed by atoms with E-state index < -0.39 is 0 Å². The van der Waals surface area contributed by atoms with Gasteiger partial charge < -0.3 is 10.2 Å². The topological polar surface area (TPSA) is 15.3 Å². The summed E-state index contributed by atoms with van der Waals surface area (Å²) in [6.07, 6.45) is 4.06. The predicted octanol–water partition coefficient (Wildman–Crippen LogP) is 3.97. The van der Waals surface area contributed by atoms with Crippen LogP contribution in [0.2, 0.25) is 0 Å². The third kappa shape index (κ3) is 3.45. The van der Waals surface area contributed by atoms with Crippen LogP contribution in [0.1, 0.15) is 37.8 Å². The van der Waals surface area contributed by atoms with Crippen LogP contribution in [0.5, 0.6) is 0 Å². The van der Waals surface area contributed by atoms with E-state index in [0.29, 0.717) is 12.1 Å². The van der Waals surface area contributed by atoms with Gasteiger partial charge in [0.1, 0.15) is 0 Å². The molecule has 2 aromatic carbocycles. The smallest absolute Gasteiger partial charge is 0.0292 e. The van der Waals surface area contributed by atoms with E-state index in [1.807, 2.05) is 0 Å². The molecule has 0 saturated carbocycles. The summed E-state index contributed by atoms with van der Waals surface area (Å²) >= 11 is 0. The minimum atomic E-state index is 0.407. The zero-order valence-corrected chi connectivity index (χ0v) is 13.2. The molecule has 0 radical (unpaired) electrons. The van der Waals surface area contributed by atoms with Crippen molar-refractivity contribution in [2.24, 2.45) is 0 Å². The Morgan fingerprint density at radius 3 is 2.76 bits per heavy atom. The van der Waals surface area contributed by atoms with Crippen molar-refractivity contribution in [2.45, 2.75) is 38.3 Å². The van der Waals surface area contributed by atoms with Gasteiger partial charge in [0.2, 0.25) is 0 Å². The van der Waals surface area contributed by atoms with Crippen molar-refractivity contribution in [3.8, 4) is 0 Å². The normalized spacial score (nSPS) is 21.5. The Morgan fingerprint density at radius 2 is 1.95 bits per heavy atom. The van der Waals surface area contributed by atoms with Crippen LogP contribution in [0, 0.1) is 0 Å². The molecule has 0 bridgehead atoms. The summed E-state index contributed by atoms with van der Waals surface area (Å²) in [5.74, 6) is 0. The monoisotopic (exact) mass is 282 g/mol. The maximum Gasteiger partial charge on any atom is 0.0292 e. The Hall–Kier alpha value is -1.38. The van der Waals surface area contributed by atoms with Crippen molar-refractivity contribution in [3.63, 3.8) is 0 Å². The Balaban J connectivity index is 1.64. The molecule has 0 aromatic heterocycles. The molecule has 1 heterocycles. The zero-order valence-electron chi connectivity index (χ0n) is 13.2. The Bertz CT molecular complexity index is 593. The van der Waals surface area contributed by atoms with Gasteiger partial charge in [-0.15, -0.1) is 0 Å². The molecule has 0 aliphatic carbocycles. The summed E-state index contributed by atoms with van der Waals surface area (Å²) in [7, 11) is 2.26. The van der Waals surface area contributed by atoms with Crippen LogP contribution >= 0.6 is 0 Å². The summed E-state index contributed by atoms with van der Waals surface area (Å²) in [5, 5.41) is 6.37. The second kappa shape index (κ2) is 6.59. The Kier molecular flexibility index (Phi) is 4.57. The van der Waals surface area contributed by atoms with Crippen LogP contribution in [0.3, 0.4) is 0 Å². The lowest BCUT2D eigenvalue weighted by Crippen LogP contribution is -2.43. The average Bonchev–Trinajstić information content (AvgIpc) is 2.53. The predicted molar refractivity (Wildman–Crippen MR) is 90.6 cm³/mol. The van der Waals surface area contributed by atoms with Gasteiger partial charge in [0, 0.05) is 18.6 Å². The molecule has 2 aromatic rings. The molecule has 1 N–H and O–H groups in total. The molecule has 2 unspecified atom stereocenters. The first-order valence-corrected chi connectivity index (χ1v) is 8.16. The number of rotatable bonds is 4. The average molecular weight is 282 g/mol. The van der Waals surface area contributed by atoms with Gasteiger partial charge in [0.15, 0.2) is 0 Å². The SMILES string of the molecule is CC(NCC1CCCCN1C)c1ccc2ccccc2c1. The van der Waals surface area contributed by atoms with E-state index in [0.717, 1.165) is 6.54 Å². The van der Waals surface area contributed by atoms with E-state index in [4.69, 9.17) is 0 Å². The number of piperidine rings is 1. The van der Waals surface area contributed by atoms with Gasteiger partial charge in [-0.25, -0.2) is 0 Å². The number of likely N-dealkylation sites (tertiary alicyclic amines) is 1. The first kappa shape index (κ1) is 14.6. The first-order valence-electron chi connectivity index (χ1n) is 8.16. The van der Waals surface area contributed by atoms with E-state index in [1.54, 1.807) is 0 Å². The van der Waals surface area contributed by atoms with Gasteiger partial charge in [0.05, 0.1) is 0 Å². The quantitative estimate of drug-likeness (QED) is 0.912. The van der Waals surface area contributed by atoms with Gasteiger partial charge in [-0.2, -0.15) is 0 Å². The van der Waals surface area contributed by atoms with Gasteiger partial charge in [-0.05, 0) is 55.8 Å². The van der Waals surface area contributed by atoms with E-state index >= 15 is 0 Å². The number of nitrogens with one attached hydrogen (secondary N) is 1. The zero-order chi connectivity index (χ0) is 14.7. The van der Waals surface area contributed by atoms with Gasteiger partial charge in [0.25, 0.3) is 0 Å². The summed E-state index contributed by atoms with van der Waals surface area (Å²) in [6.45, 7) is 4.61. The lowest BCUT2D eigenvalue weighted by molar-refractivity contribution is 0.178. The number of fused-ring (bicyclic) bond motifs is 1. The highest BCUT2D eigenvalue weighted by atomic mass is 15.2. The van der Waals surface area contributed by atoms with Crippen LogP contribution in [-0.2, 0) is 0 Å². The fraction of sp³-hybridized carbons (Fsp3) is 0.474. The van der Waals surface area contributed by atoms with Crippen molar-refractivity contribution in [3.05, 3.63) is 48.0 Å². The van der Waals surface area contributed by atoms with Crippen molar-refractivity contribution in [1.29, 1.82) is 0 Å². The second-order valence-corrected chi connectivity index (χ2v) is 6.37. The van der Waals surface area contributed by atoms with E-state index in [-0.39, 0.29) is 0 Å². The first-order chi connectivity index (χ1) is 10.2. The number of benzene rings is 2. The second-order valence-electron chi connectivity index (χ2n) is 6.37. The number of hydrogen-bond donors (Lipinski definition) is 1. The maximum atomic E-state index is 3.72. The summed E-state index contributed by atoms with van der Waals surface area (Å²) in [5.41, 5.74) is 1.38. The Labute approximate surface area is 128 Å². The number of nitrogens with zero attached hydrogens (tertiary/aromatic N) is 1. The van der Waals surface area contributed by atoms with Crippen LogP contribution in [0.15, 0.2) is 42.5 Å². The van der Waals surface area contributed by atoms with Crippen molar-refractivity contribution < 1.29 is 0 Å². The molecule has 2 nitrogen and oxygen atoms in total. The molecule has 112 valence electrons. The largest absolute Gasteiger partial charge is 0.309 e. The van der Waals surface area contributed by atoms with Crippen molar-refractivity contribution >= 4 is 10.8 Å². The highest BCUT2D eigenvalue weighted by Gasteiger charge is 2.19. The summed E-state index contributed by atoms with van der Waals surface area (Å²) in [6, 6.07) is 16.5. The minimum Gasteiger partial charge on any atom is -0.309 e. The molecular weight excluding hydrogens is 256 g/mol. The van der Waals surface area contributed by atoms with Crippen molar-refractivity contribution in [2.75, 3.05) is 20.1 Å². The highest BCUT2D eigenvalue weighted by Crippen LogP contribution is 2.21. The van der Waals surface area contributed by atoms with Gasteiger partial charge in [-0.1, -0.05) is 42.8 Å². The molecule has 0 amide bonds. The fourth-order valence-corrected chi connectivity index (χ4v) is 3.31. The van der Waals surface area contributed by atoms with Crippen molar-refractivity contribution in [1.82, 2.24) is 10.2 Å². The molecule has 0 spiro atoms. The van der Waals surface area contributed by atoms with Crippen LogP contribution in [-0.4, -0.2) is 31.1 Å². The molecule has 21 heavy (non-hydrogen) atoms. The van der Waals surface area contributed by atoms with E-state index in [1.165, 1.54) is 42.1 Å². The van der Waals surface area contributed by atoms with Crippen LogP contribution in [0.25, 0.3) is 10.8 Å². The lowest BCUT2D eigenvalue weighted by Gasteiger charge is -2.33. The lowest BCUT2D eigenvalue weighted by atomic mass is 10.0. The molecule has 1 fully saturated rings. The third-order valence-electron chi connectivity index (χ3n) is 4.85. The van der Waals surface area contributed by atoms with Crippen LogP contribution in [0.4, 0.5) is 0 Å². The van der Waals surface area contributed by atoms with Gasteiger partial charge >= 0.3 is 0 Å². The third-order valence-corrected chi connectivity index (χ3v) is 4.85. The molecule has 1 aliphatic rings. The molecular formula is C19H26N2. The van der Waals surface area contributed by atoms with E-state index in [9.17, 15) is 0 Å². The fourth-order valence-electron chi connectivity index (χ4n) is 3.31. The minimum absolute atomic E-state index is 0.407. The van der Waals surface area contributed by atoms with Gasteiger partial charge in [-0.3, -0.25) is 0 Å². The number of hydrogen-bond acceptors (Lipinski definition) is 2. The highest BCUT2D eigenvalue weighted by molar-refractivity contribution is 5.83. The maximum absolute atomic E-state index is 3.72. The van der Waals surface area contributed by atoms with E-state index in [2.05, 4.69) is 66.7 Å². The number of likely N-dealkylation sites (N-methyl/N-ethyl adjacent to an activating group) is 1. The standard InChI is InChI=1S/C19H26N2/c1-15(20-14-19-9-5-6-12-21(19)2)17-11-10-16-7-3-4-8-18(16)13-17/h3-4,7-8,10-11,13,15,19-20H,5-6,9,12,14H2,1-2H3.